The zero-order chi connectivity index (χ0) is 37.0. The van der Waals surface area contributed by atoms with Crippen LogP contribution in [0.5, 0.6) is 0 Å². The molecule has 0 aromatic carbocycles. The minimum Gasteiger partial charge on any atom is -0.394 e. The molecule has 3 saturated heterocycles. The van der Waals surface area contributed by atoms with Gasteiger partial charge < -0.3 is 109 Å². The number of hydrogen-bond donors (Lipinski definition) is 16. The Morgan fingerprint density at radius 2 is 1.22 bits per heavy atom. The smallest absolute Gasteiger partial charge is 0.222 e. The predicted molar refractivity (Wildman–Crippen MR) is 167 cm³/mol. The van der Waals surface area contributed by atoms with Crippen molar-refractivity contribution >= 4 is 11.9 Å². The van der Waals surface area contributed by atoms with Crippen LogP contribution in [0, 0.1) is 5.41 Å². The molecule has 1 saturated carbocycles. The Labute approximate surface area is 286 Å². The largest absolute Gasteiger partial charge is 0.394 e. The lowest BCUT2D eigenvalue weighted by molar-refractivity contribution is -0.307. The number of ether oxygens (including phenoxy) is 6. The number of amides is 1. The van der Waals surface area contributed by atoms with E-state index in [-0.39, 0.29) is 38.4 Å². The molecular formula is C27H53N9O14. The van der Waals surface area contributed by atoms with Crippen LogP contribution in [0.3, 0.4) is 0 Å². The van der Waals surface area contributed by atoms with Gasteiger partial charge in [-0.2, -0.15) is 0 Å². The van der Waals surface area contributed by atoms with Crippen LogP contribution in [-0.2, 0) is 33.2 Å². The fourth-order valence-electron chi connectivity index (χ4n) is 6.44. The minimum atomic E-state index is -1.70. The van der Waals surface area contributed by atoms with Crippen LogP contribution >= 0.6 is 0 Å². The molecular weight excluding hydrogens is 674 g/mol. The van der Waals surface area contributed by atoms with E-state index in [1.807, 2.05) is 0 Å². The van der Waals surface area contributed by atoms with E-state index in [0.29, 0.717) is 0 Å². The van der Waals surface area contributed by atoms with E-state index >= 15 is 0 Å². The van der Waals surface area contributed by atoms with Gasteiger partial charge in [0.25, 0.3) is 0 Å². The molecule has 0 aromatic heterocycles. The van der Waals surface area contributed by atoms with Gasteiger partial charge in [-0.25, -0.2) is 0 Å². The van der Waals surface area contributed by atoms with Gasteiger partial charge in [-0.05, 0) is 6.42 Å². The molecule has 4 rings (SSSR count). The quantitative estimate of drug-likeness (QED) is 0.0618. The molecule has 0 spiro atoms. The van der Waals surface area contributed by atoms with Crippen LogP contribution in [0.15, 0.2) is 0 Å². The van der Waals surface area contributed by atoms with Crippen molar-refractivity contribution in [2.75, 3.05) is 26.2 Å². The van der Waals surface area contributed by atoms with E-state index < -0.39 is 129 Å². The summed E-state index contributed by atoms with van der Waals surface area (Å²) in [4.78, 5) is 12.7. The monoisotopic (exact) mass is 727 g/mol. The van der Waals surface area contributed by atoms with Gasteiger partial charge in [0.2, 0.25) is 5.91 Å². The summed E-state index contributed by atoms with van der Waals surface area (Å²) in [5.41, 5.74) is 35.2. The lowest BCUT2D eigenvalue weighted by Crippen LogP contribution is -2.69. The zero-order valence-corrected chi connectivity index (χ0v) is 27.2. The van der Waals surface area contributed by atoms with Gasteiger partial charge in [0.05, 0.1) is 24.7 Å². The van der Waals surface area contributed by atoms with Crippen molar-refractivity contribution in [1.29, 1.82) is 5.41 Å². The topological polar surface area (TPSA) is 418 Å². The summed E-state index contributed by atoms with van der Waals surface area (Å²) < 4.78 is 35.1. The molecule has 4 fully saturated rings. The van der Waals surface area contributed by atoms with Gasteiger partial charge in [-0.15, -0.1) is 0 Å². The molecule has 23 heteroatoms. The first-order valence-electron chi connectivity index (χ1n) is 16.3. The Hall–Kier alpha value is -1.98. The molecule has 3 heterocycles. The van der Waals surface area contributed by atoms with Gasteiger partial charge in [0.15, 0.2) is 24.8 Å². The van der Waals surface area contributed by atoms with E-state index in [1.165, 1.54) is 0 Å². The third-order valence-electron chi connectivity index (χ3n) is 9.34. The Morgan fingerprint density at radius 1 is 0.720 bits per heavy atom. The summed E-state index contributed by atoms with van der Waals surface area (Å²) >= 11 is 0. The Morgan fingerprint density at radius 3 is 1.72 bits per heavy atom. The maximum Gasteiger partial charge on any atom is 0.222 e. The molecule has 0 unspecified atom stereocenters. The van der Waals surface area contributed by atoms with E-state index in [9.17, 15) is 40.5 Å². The van der Waals surface area contributed by atoms with Crippen LogP contribution < -0.4 is 45.0 Å². The number of aliphatic hydroxyl groups excluding tert-OH is 7. The van der Waals surface area contributed by atoms with Gasteiger partial charge >= 0.3 is 0 Å². The van der Waals surface area contributed by atoms with Crippen molar-refractivity contribution in [3.8, 4) is 0 Å². The second-order valence-electron chi connectivity index (χ2n) is 12.8. The first-order chi connectivity index (χ1) is 23.6. The van der Waals surface area contributed by atoms with Gasteiger partial charge in [0.1, 0.15) is 73.2 Å². The maximum atomic E-state index is 12.7. The third-order valence-corrected chi connectivity index (χ3v) is 9.34. The SMILES string of the molecule is N=C(N)NCCC(=O)N[C@@H]1C[C@H](N)[C@@H](O[C@H]2O[C@H](CN)[C@@H](O)[C@H](O)[C@H]2N)[C@H](O[C@@H]2O[C@H](CO)[C@@H](O[C@H]3O[C@@H](CN)[C@@H](O)[C@H](O)[C@H]3N)[C@H]2O)[C@H]1O. The van der Waals surface area contributed by atoms with Gasteiger partial charge in [-0.3, -0.25) is 10.2 Å². The van der Waals surface area contributed by atoms with Crippen molar-refractivity contribution in [3.05, 3.63) is 0 Å². The molecule has 50 heavy (non-hydrogen) atoms. The first-order valence-corrected chi connectivity index (χ1v) is 16.3. The number of carbonyl (C=O) groups is 1. The number of rotatable bonds is 13. The number of carbonyl (C=O) groups excluding carboxylic acids is 1. The summed E-state index contributed by atoms with van der Waals surface area (Å²) in [6.45, 7) is -1.09. The van der Waals surface area contributed by atoms with Crippen molar-refractivity contribution in [2.45, 2.75) is 129 Å². The van der Waals surface area contributed by atoms with Gasteiger partial charge in [-0.1, -0.05) is 0 Å². The van der Waals surface area contributed by atoms with E-state index in [0.717, 1.165) is 0 Å². The van der Waals surface area contributed by atoms with Crippen molar-refractivity contribution in [3.63, 3.8) is 0 Å². The molecule has 23 nitrogen and oxygen atoms in total. The van der Waals surface area contributed by atoms with Crippen LogP contribution in [0.25, 0.3) is 0 Å². The fraction of sp³-hybridized carbons (Fsp3) is 0.926. The number of nitrogens with two attached hydrogens (primary N) is 6. The van der Waals surface area contributed by atoms with Crippen LogP contribution in [-0.4, -0.2) is 190 Å². The molecule has 1 amide bonds. The normalized spacial score (nSPS) is 46.8. The molecule has 0 aromatic rings. The maximum absolute atomic E-state index is 12.7. The van der Waals surface area contributed by atoms with E-state index in [4.69, 9.17) is 68.2 Å². The lowest BCUT2D eigenvalue weighted by Gasteiger charge is -2.48. The highest BCUT2D eigenvalue weighted by atomic mass is 16.8. The lowest BCUT2D eigenvalue weighted by atomic mass is 9.83. The molecule has 3 aliphatic heterocycles. The minimum absolute atomic E-state index is 0.0253. The first kappa shape index (κ1) is 40.8. The highest BCUT2D eigenvalue weighted by Gasteiger charge is 2.54. The number of guanidine groups is 1. The average Bonchev–Trinajstić information content (AvgIpc) is 3.37. The predicted octanol–water partition coefficient (Wildman–Crippen LogP) is -9.86. The standard InChI is InChI=1S/C27H53N9O14/c28-4-9-16(40)18(42)13(31)24(45-9)48-21-7(30)3-8(36-12(38)1-2-35-27(33)34)15(39)23(21)50-26-20(44)22(11(6-37)47-26)49-25-14(32)19(43)17(41)10(5-29)46-25/h7-11,13-26,37,39-44H,1-6,28-32H2,(H,36,38)(H4,33,34,35)/t7-,8+,9+,10-,11+,13+,14+,15-,16+,17+,18+,19+,20+,21+,22+,23+,24+,25+,26-/m0/s1. The van der Waals surface area contributed by atoms with Crippen molar-refractivity contribution in [1.82, 2.24) is 10.6 Å². The molecule has 0 bridgehead atoms. The Balaban J connectivity index is 1.55. The second-order valence-corrected chi connectivity index (χ2v) is 12.8. The van der Waals surface area contributed by atoms with E-state index in [1.54, 1.807) is 0 Å². The molecule has 22 N–H and O–H groups in total. The molecule has 1 aliphatic carbocycles. The van der Waals surface area contributed by atoms with Crippen molar-refractivity contribution < 1.29 is 69.0 Å². The van der Waals surface area contributed by atoms with E-state index in [2.05, 4.69) is 10.6 Å². The highest BCUT2D eigenvalue weighted by Crippen LogP contribution is 2.34. The fourth-order valence-corrected chi connectivity index (χ4v) is 6.44. The second kappa shape index (κ2) is 17.7. The van der Waals surface area contributed by atoms with Gasteiger partial charge in [0, 0.05) is 32.1 Å². The summed E-state index contributed by atoms with van der Waals surface area (Å²) in [5.74, 6) is -0.876. The van der Waals surface area contributed by atoms with Crippen LogP contribution in [0.2, 0.25) is 0 Å². The van der Waals surface area contributed by atoms with Crippen molar-refractivity contribution in [2.24, 2.45) is 34.4 Å². The zero-order valence-electron chi connectivity index (χ0n) is 27.2. The third kappa shape index (κ3) is 8.96. The molecule has 4 aliphatic rings. The number of aliphatic hydroxyl groups is 7. The average molecular weight is 728 g/mol. The summed E-state index contributed by atoms with van der Waals surface area (Å²) in [6.07, 6.45) is -21.5. The van der Waals surface area contributed by atoms with Crippen LogP contribution in [0.1, 0.15) is 12.8 Å². The Kier molecular flexibility index (Phi) is 14.4. The number of nitrogens with one attached hydrogen (secondary N) is 3. The van der Waals surface area contributed by atoms with Crippen LogP contribution in [0.4, 0.5) is 0 Å². The summed E-state index contributed by atoms with van der Waals surface area (Å²) in [6, 6.07) is -4.66. The Bertz CT molecular complexity index is 1120. The summed E-state index contributed by atoms with van der Waals surface area (Å²) in [7, 11) is 0. The molecule has 0 radical (unpaired) electrons. The number of hydrogen-bond acceptors (Lipinski definition) is 20. The molecule has 19 atom stereocenters. The summed E-state index contributed by atoms with van der Waals surface area (Å²) in [5, 5.41) is 86.8. The molecule has 290 valence electrons. The highest BCUT2D eigenvalue weighted by molar-refractivity contribution is 5.78.